The number of guanidine groups is 2. The number of para-hydroxylation sites is 1. The fraction of sp³-hybridized carbons (Fsp3) is 0.0625. The van der Waals surface area contributed by atoms with Crippen LogP contribution in [0.15, 0.2) is 58.5 Å². The number of ketones is 1. The van der Waals surface area contributed by atoms with Crippen LogP contribution < -0.4 is 17.2 Å². The Bertz CT molecular complexity index is 761. The number of benzene rings is 2. The minimum absolute atomic E-state index is 0.00264. The van der Waals surface area contributed by atoms with Crippen LogP contribution in [0.3, 0.4) is 0 Å². The molecular formula is C16H17N5O. The zero-order valence-corrected chi connectivity index (χ0v) is 12.2. The van der Waals surface area contributed by atoms with E-state index in [0.717, 1.165) is 11.1 Å². The van der Waals surface area contributed by atoms with E-state index in [0.29, 0.717) is 11.3 Å². The molecule has 6 heteroatoms. The van der Waals surface area contributed by atoms with Crippen LogP contribution in [0.2, 0.25) is 0 Å². The Kier molecular flexibility index (Phi) is 4.53. The Morgan fingerprint density at radius 1 is 1.00 bits per heavy atom. The highest BCUT2D eigenvalue weighted by Gasteiger charge is 2.07. The molecule has 0 radical (unpaired) electrons. The molecule has 0 fully saturated rings. The SMILES string of the molecule is CC(=O)c1cccc(-c2ccccc2N=C(N)N=C(N)N)c1. The number of Topliss-reactive ketones (excluding diaryl/α,β-unsaturated/α-hetero) is 1. The number of aliphatic imine (C=N–C) groups is 2. The van der Waals surface area contributed by atoms with Crippen molar-refractivity contribution >= 4 is 23.4 Å². The number of hydrogen-bond donors (Lipinski definition) is 3. The molecule has 0 aliphatic heterocycles. The van der Waals surface area contributed by atoms with Gasteiger partial charge in [-0.3, -0.25) is 4.79 Å². The summed E-state index contributed by atoms with van der Waals surface area (Å²) in [4.78, 5) is 19.4. The van der Waals surface area contributed by atoms with Crippen LogP contribution in [0.5, 0.6) is 0 Å². The maximum atomic E-state index is 11.5. The lowest BCUT2D eigenvalue weighted by atomic mass is 10.0. The molecule has 0 unspecified atom stereocenters. The maximum Gasteiger partial charge on any atom is 0.223 e. The van der Waals surface area contributed by atoms with Gasteiger partial charge in [0.2, 0.25) is 5.96 Å². The fourth-order valence-electron chi connectivity index (χ4n) is 2.00. The summed E-state index contributed by atoms with van der Waals surface area (Å²) >= 11 is 0. The van der Waals surface area contributed by atoms with Gasteiger partial charge in [0, 0.05) is 11.1 Å². The van der Waals surface area contributed by atoms with Crippen molar-refractivity contribution in [2.45, 2.75) is 6.92 Å². The van der Waals surface area contributed by atoms with Gasteiger partial charge in [0.25, 0.3) is 0 Å². The summed E-state index contributed by atoms with van der Waals surface area (Å²) in [6.45, 7) is 1.53. The monoisotopic (exact) mass is 295 g/mol. The van der Waals surface area contributed by atoms with Gasteiger partial charge in [0.15, 0.2) is 11.7 Å². The fourth-order valence-corrected chi connectivity index (χ4v) is 2.00. The third-order valence-electron chi connectivity index (χ3n) is 2.96. The predicted octanol–water partition coefficient (Wildman–Crippen LogP) is 1.78. The summed E-state index contributed by atoms with van der Waals surface area (Å²) in [6, 6.07) is 14.7. The Morgan fingerprint density at radius 2 is 1.73 bits per heavy atom. The standard InChI is InChI=1S/C16H17N5O/c1-10(22)11-5-4-6-12(9-11)13-7-2-3-8-14(13)20-16(19)21-15(17)18/h2-9H,1H3,(H6,17,18,19,20,21). The summed E-state index contributed by atoms with van der Waals surface area (Å²) in [5.74, 6) is -0.185. The van der Waals surface area contributed by atoms with E-state index in [2.05, 4.69) is 9.98 Å². The third kappa shape index (κ3) is 3.69. The summed E-state index contributed by atoms with van der Waals surface area (Å²) in [6.07, 6.45) is 0. The smallest absolute Gasteiger partial charge is 0.223 e. The van der Waals surface area contributed by atoms with Crippen LogP contribution in [0.4, 0.5) is 5.69 Å². The molecule has 0 aliphatic rings. The van der Waals surface area contributed by atoms with Crippen molar-refractivity contribution in [1.29, 1.82) is 0 Å². The summed E-state index contributed by atoms with van der Waals surface area (Å²) in [5, 5.41) is 0. The largest absolute Gasteiger partial charge is 0.370 e. The molecule has 0 aromatic heterocycles. The first-order valence-electron chi connectivity index (χ1n) is 6.61. The van der Waals surface area contributed by atoms with Gasteiger partial charge in [-0.25, -0.2) is 4.99 Å². The molecule has 0 saturated carbocycles. The van der Waals surface area contributed by atoms with Gasteiger partial charge in [0.1, 0.15) is 0 Å². The van der Waals surface area contributed by atoms with Crippen molar-refractivity contribution in [3.63, 3.8) is 0 Å². The highest BCUT2D eigenvalue weighted by atomic mass is 16.1. The van der Waals surface area contributed by atoms with Crippen LogP contribution >= 0.6 is 0 Å². The summed E-state index contributed by atoms with van der Waals surface area (Å²) < 4.78 is 0. The van der Waals surface area contributed by atoms with Crippen LogP contribution in [-0.4, -0.2) is 17.7 Å². The summed E-state index contributed by atoms with van der Waals surface area (Å²) in [7, 11) is 0. The van der Waals surface area contributed by atoms with Gasteiger partial charge in [-0.1, -0.05) is 36.4 Å². The normalized spacial score (nSPS) is 11.0. The summed E-state index contributed by atoms with van der Waals surface area (Å²) in [5.41, 5.74) is 19.2. The lowest BCUT2D eigenvalue weighted by Crippen LogP contribution is -2.26. The number of nitrogens with zero attached hydrogens (tertiary/aromatic N) is 2. The number of nitrogens with two attached hydrogens (primary N) is 3. The van der Waals surface area contributed by atoms with E-state index in [9.17, 15) is 4.79 Å². The van der Waals surface area contributed by atoms with Gasteiger partial charge in [-0.15, -0.1) is 0 Å². The Labute approximate surface area is 128 Å². The van der Waals surface area contributed by atoms with Gasteiger partial charge >= 0.3 is 0 Å². The van der Waals surface area contributed by atoms with E-state index in [-0.39, 0.29) is 17.7 Å². The quantitative estimate of drug-likeness (QED) is 0.454. The first-order chi connectivity index (χ1) is 10.5. The Balaban J connectivity index is 2.51. The number of carbonyl (C=O) groups is 1. The molecule has 112 valence electrons. The topological polar surface area (TPSA) is 120 Å². The minimum Gasteiger partial charge on any atom is -0.370 e. The zero-order chi connectivity index (χ0) is 16.1. The van der Waals surface area contributed by atoms with E-state index >= 15 is 0 Å². The van der Waals surface area contributed by atoms with Crippen molar-refractivity contribution in [2.24, 2.45) is 27.2 Å². The molecule has 0 bridgehead atoms. The minimum atomic E-state index is -0.155. The molecule has 0 heterocycles. The molecule has 0 saturated heterocycles. The van der Waals surface area contributed by atoms with Crippen LogP contribution in [-0.2, 0) is 0 Å². The second kappa shape index (κ2) is 6.53. The molecule has 2 aromatic rings. The first-order valence-corrected chi connectivity index (χ1v) is 6.61. The van der Waals surface area contributed by atoms with Gasteiger partial charge in [-0.05, 0) is 24.6 Å². The zero-order valence-electron chi connectivity index (χ0n) is 12.2. The van der Waals surface area contributed by atoms with Crippen molar-refractivity contribution in [2.75, 3.05) is 0 Å². The second-order valence-corrected chi connectivity index (χ2v) is 4.66. The van der Waals surface area contributed by atoms with Crippen LogP contribution in [0, 0.1) is 0 Å². The molecule has 6 N–H and O–H groups in total. The number of carbonyl (C=O) groups excluding carboxylic acids is 1. The molecule has 2 rings (SSSR count). The van der Waals surface area contributed by atoms with Crippen molar-refractivity contribution in [3.8, 4) is 11.1 Å². The molecule has 0 atom stereocenters. The molecule has 2 aromatic carbocycles. The number of hydrogen-bond acceptors (Lipinski definition) is 2. The second-order valence-electron chi connectivity index (χ2n) is 4.66. The van der Waals surface area contributed by atoms with Gasteiger partial charge in [-0.2, -0.15) is 4.99 Å². The molecule has 0 aliphatic carbocycles. The molecular weight excluding hydrogens is 278 g/mol. The third-order valence-corrected chi connectivity index (χ3v) is 2.96. The Hall–Kier alpha value is -3.15. The predicted molar refractivity (Wildman–Crippen MR) is 89.0 cm³/mol. The van der Waals surface area contributed by atoms with Crippen LogP contribution in [0.1, 0.15) is 17.3 Å². The van der Waals surface area contributed by atoms with Crippen molar-refractivity contribution < 1.29 is 4.79 Å². The van der Waals surface area contributed by atoms with Crippen molar-refractivity contribution in [3.05, 3.63) is 54.1 Å². The first kappa shape index (κ1) is 15.2. The van der Waals surface area contributed by atoms with Gasteiger partial charge < -0.3 is 17.2 Å². The van der Waals surface area contributed by atoms with E-state index in [1.165, 1.54) is 6.92 Å². The molecule has 22 heavy (non-hydrogen) atoms. The van der Waals surface area contributed by atoms with Gasteiger partial charge in [0.05, 0.1) is 5.69 Å². The highest BCUT2D eigenvalue weighted by Crippen LogP contribution is 2.30. The van der Waals surface area contributed by atoms with Crippen molar-refractivity contribution in [1.82, 2.24) is 0 Å². The Morgan fingerprint density at radius 3 is 2.41 bits per heavy atom. The van der Waals surface area contributed by atoms with Crippen LogP contribution in [0.25, 0.3) is 11.1 Å². The van der Waals surface area contributed by atoms with E-state index < -0.39 is 0 Å². The molecule has 0 spiro atoms. The lowest BCUT2D eigenvalue weighted by molar-refractivity contribution is 0.101. The average molecular weight is 295 g/mol. The van der Waals surface area contributed by atoms with E-state index in [1.54, 1.807) is 12.1 Å². The van der Waals surface area contributed by atoms with E-state index in [1.807, 2.05) is 36.4 Å². The highest BCUT2D eigenvalue weighted by molar-refractivity contribution is 5.97. The average Bonchev–Trinajstić information content (AvgIpc) is 2.47. The van der Waals surface area contributed by atoms with E-state index in [4.69, 9.17) is 17.2 Å². The lowest BCUT2D eigenvalue weighted by Gasteiger charge is -2.07. The number of rotatable bonds is 3. The molecule has 6 nitrogen and oxygen atoms in total. The maximum absolute atomic E-state index is 11.5. The molecule has 0 amide bonds.